The number of hydrogen-bond donors (Lipinski definition) is 0. The Kier molecular flexibility index (Phi) is 6.83. The predicted octanol–water partition coefficient (Wildman–Crippen LogP) is 4.18. The summed E-state index contributed by atoms with van der Waals surface area (Å²) in [6.07, 6.45) is 5.03. The van der Waals surface area contributed by atoms with Gasteiger partial charge in [-0.15, -0.1) is 0 Å². The van der Waals surface area contributed by atoms with E-state index in [1.54, 1.807) is 27.5 Å². The van der Waals surface area contributed by atoms with E-state index in [0.29, 0.717) is 31.8 Å². The lowest BCUT2D eigenvalue weighted by molar-refractivity contribution is -0.140. The molecule has 188 valence electrons. The van der Waals surface area contributed by atoms with Gasteiger partial charge in [0.25, 0.3) is 0 Å². The standard InChI is InChI=1S/C29H33N3O4/c1-19-24-15-28(36-4)27(35-3)14-21(24)10-12-32(19)29(33)25-13-20-7-5-6-8-22(20)17-31(25)18-23-16-30-11-9-26(23)34-2/h5-9,11,14-16,19,25H,10,12-13,17-18H2,1-4H3/t19-,25?/m1/s1. The summed E-state index contributed by atoms with van der Waals surface area (Å²) in [6.45, 7) is 4.07. The summed E-state index contributed by atoms with van der Waals surface area (Å²) in [5, 5.41) is 0. The van der Waals surface area contributed by atoms with Gasteiger partial charge in [0, 0.05) is 37.6 Å². The Balaban J connectivity index is 1.46. The molecule has 36 heavy (non-hydrogen) atoms. The minimum absolute atomic E-state index is 0.0620. The van der Waals surface area contributed by atoms with Gasteiger partial charge in [0.2, 0.25) is 5.91 Å². The number of benzene rings is 2. The molecule has 2 aliphatic rings. The summed E-state index contributed by atoms with van der Waals surface area (Å²) in [7, 11) is 4.97. The highest BCUT2D eigenvalue weighted by atomic mass is 16.5. The van der Waals surface area contributed by atoms with Gasteiger partial charge < -0.3 is 19.1 Å². The maximum atomic E-state index is 14.2. The maximum Gasteiger partial charge on any atom is 0.240 e. The minimum Gasteiger partial charge on any atom is -0.496 e. The van der Waals surface area contributed by atoms with Crippen molar-refractivity contribution < 1.29 is 19.0 Å². The molecule has 1 aromatic heterocycles. The zero-order chi connectivity index (χ0) is 25.2. The second-order valence-corrected chi connectivity index (χ2v) is 9.44. The average Bonchev–Trinajstić information content (AvgIpc) is 2.92. The van der Waals surface area contributed by atoms with Crippen molar-refractivity contribution in [3.8, 4) is 17.2 Å². The Labute approximate surface area is 212 Å². The minimum atomic E-state index is -0.269. The number of carbonyl (C=O) groups excluding carboxylic acids is 1. The molecule has 5 rings (SSSR count). The number of carbonyl (C=O) groups is 1. The molecule has 0 aliphatic carbocycles. The first-order chi connectivity index (χ1) is 17.5. The number of amides is 1. The van der Waals surface area contributed by atoms with Crippen LogP contribution >= 0.6 is 0 Å². The lowest BCUT2D eigenvalue weighted by Crippen LogP contribution is -2.53. The van der Waals surface area contributed by atoms with Crippen molar-refractivity contribution in [1.82, 2.24) is 14.8 Å². The van der Waals surface area contributed by atoms with E-state index in [1.165, 1.54) is 16.7 Å². The first kappa shape index (κ1) is 24.1. The summed E-state index contributed by atoms with van der Waals surface area (Å²) in [4.78, 5) is 22.8. The topological polar surface area (TPSA) is 64.1 Å². The lowest BCUT2D eigenvalue weighted by Gasteiger charge is -2.42. The number of pyridine rings is 1. The fourth-order valence-corrected chi connectivity index (χ4v) is 5.58. The molecule has 0 radical (unpaired) electrons. The van der Waals surface area contributed by atoms with Crippen LogP contribution in [0.25, 0.3) is 0 Å². The van der Waals surface area contributed by atoms with Crippen molar-refractivity contribution in [2.24, 2.45) is 0 Å². The van der Waals surface area contributed by atoms with E-state index in [4.69, 9.17) is 14.2 Å². The Bertz CT molecular complexity index is 1260. The summed E-state index contributed by atoms with van der Waals surface area (Å²) in [5.41, 5.74) is 5.80. The van der Waals surface area contributed by atoms with Crippen LogP contribution < -0.4 is 14.2 Å². The third-order valence-electron chi connectivity index (χ3n) is 7.55. The molecule has 3 aromatic rings. The lowest BCUT2D eigenvalue weighted by atomic mass is 9.89. The van der Waals surface area contributed by atoms with E-state index in [9.17, 15) is 4.79 Å². The molecule has 2 aromatic carbocycles. The molecule has 1 amide bonds. The third-order valence-corrected chi connectivity index (χ3v) is 7.55. The molecule has 7 nitrogen and oxygen atoms in total. The molecule has 1 unspecified atom stereocenters. The second-order valence-electron chi connectivity index (χ2n) is 9.44. The Morgan fingerprint density at radius 2 is 1.69 bits per heavy atom. The second kappa shape index (κ2) is 10.2. The van der Waals surface area contributed by atoms with Gasteiger partial charge >= 0.3 is 0 Å². The Hall–Kier alpha value is -3.58. The van der Waals surface area contributed by atoms with Crippen LogP contribution in [0.5, 0.6) is 17.2 Å². The van der Waals surface area contributed by atoms with E-state index < -0.39 is 0 Å². The van der Waals surface area contributed by atoms with Gasteiger partial charge in [0.1, 0.15) is 5.75 Å². The van der Waals surface area contributed by atoms with Gasteiger partial charge in [-0.25, -0.2) is 0 Å². The van der Waals surface area contributed by atoms with Crippen molar-refractivity contribution in [2.75, 3.05) is 27.9 Å². The van der Waals surface area contributed by atoms with Crippen LogP contribution in [-0.4, -0.2) is 54.6 Å². The van der Waals surface area contributed by atoms with Gasteiger partial charge in [-0.05, 0) is 60.2 Å². The highest BCUT2D eigenvalue weighted by molar-refractivity contribution is 5.83. The Morgan fingerprint density at radius 3 is 2.44 bits per heavy atom. The van der Waals surface area contributed by atoms with Crippen molar-refractivity contribution >= 4 is 5.91 Å². The molecule has 0 saturated heterocycles. The van der Waals surface area contributed by atoms with Crippen LogP contribution in [0.15, 0.2) is 54.9 Å². The molecule has 0 spiro atoms. The molecule has 3 heterocycles. The molecule has 0 fully saturated rings. The van der Waals surface area contributed by atoms with Crippen LogP contribution in [0.1, 0.15) is 40.8 Å². The largest absolute Gasteiger partial charge is 0.496 e. The number of ether oxygens (including phenoxy) is 3. The average molecular weight is 488 g/mol. The fraction of sp³-hybridized carbons (Fsp3) is 0.379. The van der Waals surface area contributed by atoms with Crippen molar-refractivity contribution in [3.63, 3.8) is 0 Å². The molecule has 2 atom stereocenters. The summed E-state index contributed by atoms with van der Waals surface area (Å²) in [5.74, 6) is 2.36. The van der Waals surface area contributed by atoms with E-state index in [0.717, 1.165) is 29.0 Å². The number of fused-ring (bicyclic) bond motifs is 2. The number of nitrogens with zero attached hydrogens (tertiary/aromatic N) is 3. The highest BCUT2D eigenvalue weighted by Gasteiger charge is 2.38. The van der Waals surface area contributed by atoms with Crippen LogP contribution in [0.2, 0.25) is 0 Å². The van der Waals surface area contributed by atoms with Gasteiger partial charge in [-0.1, -0.05) is 24.3 Å². The zero-order valence-electron chi connectivity index (χ0n) is 21.4. The third kappa shape index (κ3) is 4.39. The molecule has 2 aliphatic heterocycles. The van der Waals surface area contributed by atoms with E-state index >= 15 is 0 Å². The van der Waals surface area contributed by atoms with Crippen LogP contribution in [0.3, 0.4) is 0 Å². The van der Waals surface area contributed by atoms with Crippen molar-refractivity contribution in [3.05, 3.63) is 82.7 Å². The molecule has 0 saturated carbocycles. The summed E-state index contributed by atoms with van der Waals surface area (Å²) in [6, 6.07) is 14.0. The van der Waals surface area contributed by atoms with Gasteiger partial charge in [0.05, 0.1) is 33.4 Å². The number of methoxy groups -OCH3 is 3. The van der Waals surface area contributed by atoms with Crippen LogP contribution in [0, 0.1) is 0 Å². The van der Waals surface area contributed by atoms with Crippen molar-refractivity contribution in [2.45, 2.75) is 44.9 Å². The molecule has 0 N–H and O–H groups in total. The smallest absolute Gasteiger partial charge is 0.240 e. The number of rotatable bonds is 6. The molecular weight excluding hydrogens is 454 g/mol. The first-order valence-corrected chi connectivity index (χ1v) is 12.4. The highest BCUT2D eigenvalue weighted by Crippen LogP contribution is 2.39. The van der Waals surface area contributed by atoms with Gasteiger partial charge in [0.15, 0.2) is 11.5 Å². The SMILES string of the molecule is COc1ccncc1CN1Cc2ccccc2CC1C(=O)N1CCc2cc(OC)c(OC)cc2[C@H]1C. The Morgan fingerprint density at radius 1 is 0.972 bits per heavy atom. The normalized spacial score (nSPS) is 19.3. The van der Waals surface area contributed by atoms with Crippen LogP contribution in [0.4, 0.5) is 0 Å². The van der Waals surface area contributed by atoms with E-state index in [1.807, 2.05) is 29.3 Å². The van der Waals surface area contributed by atoms with Gasteiger partial charge in [-0.3, -0.25) is 14.7 Å². The predicted molar refractivity (Wildman–Crippen MR) is 137 cm³/mol. The summed E-state index contributed by atoms with van der Waals surface area (Å²) >= 11 is 0. The monoisotopic (exact) mass is 487 g/mol. The van der Waals surface area contributed by atoms with Gasteiger partial charge in [-0.2, -0.15) is 0 Å². The first-order valence-electron chi connectivity index (χ1n) is 12.4. The number of aromatic nitrogens is 1. The number of hydrogen-bond acceptors (Lipinski definition) is 6. The quantitative estimate of drug-likeness (QED) is 0.520. The maximum absolute atomic E-state index is 14.2. The van der Waals surface area contributed by atoms with Crippen LogP contribution in [-0.2, 0) is 30.7 Å². The summed E-state index contributed by atoms with van der Waals surface area (Å²) < 4.78 is 16.6. The molecular formula is C29H33N3O4. The van der Waals surface area contributed by atoms with E-state index in [2.05, 4.69) is 41.1 Å². The molecule has 7 heteroatoms. The molecule has 0 bridgehead atoms. The zero-order valence-corrected chi connectivity index (χ0v) is 21.4. The van der Waals surface area contributed by atoms with E-state index in [-0.39, 0.29) is 18.0 Å². The van der Waals surface area contributed by atoms with Crippen molar-refractivity contribution in [1.29, 1.82) is 0 Å². The fourth-order valence-electron chi connectivity index (χ4n) is 5.58.